The summed E-state index contributed by atoms with van der Waals surface area (Å²) in [5.74, 6) is 0.908. The van der Waals surface area contributed by atoms with Gasteiger partial charge in [0.25, 0.3) is 0 Å². The molecule has 1 heterocycles. The van der Waals surface area contributed by atoms with Crippen LogP contribution < -0.4 is 10.6 Å². The van der Waals surface area contributed by atoms with Crippen LogP contribution in [-0.4, -0.2) is 18.8 Å². The Morgan fingerprint density at radius 1 is 1.15 bits per heavy atom. The number of hydrogen-bond donors (Lipinski definition) is 2. The van der Waals surface area contributed by atoms with Crippen molar-refractivity contribution in [1.29, 1.82) is 0 Å². The predicted octanol–water partition coefficient (Wildman–Crippen LogP) is 1.86. The molecule has 0 radical (unpaired) electrons. The van der Waals surface area contributed by atoms with Gasteiger partial charge in [-0.25, -0.2) is 0 Å². The van der Waals surface area contributed by atoms with Crippen molar-refractivity contribution >= 4 is 0 Å². The molecule has 0 aromatic rings. The first kappa shape index (κ1) is 9.47. The third-order valence-corrected chi connectivity index (χ3v) is 3.61. The van der Waals surface area contributed by atoms with Crippen molar-refractivity contribution in [2.75, 3.05) is 6.54 Å². The number of rotatable bonds is 2. The standard InChI is InChI=1S/C11H22N2/c1-2-10-8-12-11(13-10)9-6-4-3-5-7-9/h9-13H,2-8H2,1H3. The molecule has 1 aliphatic carbocycles. The van der Waals surface area contributed by atoms with E-state index in [0.29, 0.717) is 6.17 Å². The van der Waals surface area contributed by atoms with Crippen molar-refractivity contribution in [2.24, 2.45) is 5.92 Å². The molecule has 2 heteroatoms. The summed E-state index contributed by atoms with van der Waals surface area (Å²) in [6.07, 6.45) is 9.10. The molecule has 0 spiro atoms. The largest absolute Gasteiger partial charge is 0.300 e. The fraction of sp³-hybridized carbons (Fsp3) is 1.00. The van der Waals surface area contributed by atoms with E-state index in [0.717, 1.165) is 12.0 Å². The Morgan fingerprint density at radius 3 is 2.54 bits per heavy atom. The van der Waals surface area contributed by atoms with E-state index in [1.807, 2.05) is 0 Å². The lowest BCUT2D eigenvalue weighted by molar-refractivity contribution is 0.266. The zero-order chi connectivity index (χ0) is 9.10. The van der Waals surface area contributed by atoms with Crippen molar-refractivity contribution in [2.45, 2.75) is 57.7 Å². The van der Waals surface area contributed by atoms with E-state index in [1.165, 1.54) is 45.1 Å². The third kappa shape index (κ3) is 2.23. The van der Waals surface area contributed by atoms with Gasteiger partial charge >= 0.3 is 0 Å². The molecule has 2 atom stereocenters. The summed E-state index contributed by atoms with van der Waals surface area (Å²) in [5, 5.41) is 7.32. The fourth-order valence-electron chi connectivity index (χ4n) is 2.67. The normalized spacial score (nSPS) is 36.7. The minimum absolute atomic E-state index is 0.630. The Morgan fingerprint density at radius 2 is 1.92 bits per heavy atom. The first-order valence-electron chi connectivity index (χ1n) is 5.89. The van der Waals surface area contributed by atoms with E-state index in [9.17, 15) is 0 Å². The molecule has 0 bridgehead atoms. The van der Waals surface area contributed by atoms with Gasteiger partial charge in [-0.1, -0.05) is 26.2 Å². The minimum Gasteiger partial charge on any atom is -0.300 e. The van der Waals surface area contributed by atoms with Gasteiger partial charge in [-0.3, -0.25) is 5.32 Å². The van der Waals surface area contributed by atoms with Crippen LogP contribution in [0.25, 0.3) is 0 Å². The molecule has 1 saturated heterocycles. The summed E-state index contributed by atoms with van der Waals surface area (Å²) < 4.78 is 0. The maximum atomic E-state index is 3.70. The Labute approximate surface area is 81.5 Å². The zero-order valence-electron chi connectivity index (χ0n) is 8.68. The van der Waals surface area contributed by atoms with E-state index < -0.39 is 0 Å². The van der Waals surface area contributed by atoms with Gasteiger partial charge < -0.3 is 5.32 Å². The summed E-state index contributed by atoms with van der Waals surface area (Å²) in [4.78, 5) is 0. The van der Waals surface area contributed by atoms with Crippen LogP contribution in [0.2, 0.25) is 0 Å². The molecule has 2 rings (SSSR count). The molecule has 0 aromatic heterocycles. The highest BCUT2D eigenvalue weighted by atomic mass is 15.2. The maximum absolute atomic E-state index is 3.70. The van der Waals surface area contributed by atoms with Gasteiger partial charge in [-0.05, 0) is 25.2 Å². The lowest BCUT2D eigenvalue weighted by Gasteiger charge is -2.27. The highest BCUT2D eigenvalue weighted by molar-refractivity contribution is 4.87. The second-order valence-electron chi connectivity index (χ2n) is 4.56. The van der Waals surface area contributed by atoms with E-state index in [-0.39, 0.29) is 0 Å². The Bertz CT molecular complexity index is 152. The van der Waals surface area contributed by atoms with Gasteiger partial charge in [-0.15, -0.1) is 0 Å². The van der Waals surface area contributed by atoms with Crippen LogP contribution >= 0.6 is 0 Å². The fourth-order valence-corrected chi connectivity index (χ4v) is 2.67. The van der Waals surface area contributed by atoms with Crippen molar-refractivity contribution in [1.82, 2.24) is 10.6 Å². The first-order chi connectivity index (χ1) is 6.40. The third-order valence-electron chi connectivity index (χ3n) is 3.61. The lowest BCUT2D eigenvalue weighted by Crippen LogP contribution is -2.41. The second kappa shape index (κ2) is 4.43. The molecule has 2 N–H and O–H groups in total. The van der Waals surface area contributed by atoms with Crippen LogP contribution in [-0.2, 0) is 0 Å². The van der Waals surface area contributed by atoms with Crippen LogP contribution in [0.5, 0.6) is 0 Å². The number of hydrogen-bond acceptors (Lipinski definition) is 2. The van der Waals surface area contributed by atoms with Crippen LogP contribution in [0.4, 0.5) is 0 Å². The maximum Gasteiger partial charge on any atom is 0.0603 e. The summed E-state index contributed by atoms with van der Waals surface area (Å²) in [7, 11) is 0. The van der Waals surface area contributed by atoms with Gasteiger partial charge in [-0.2, -0.15) is 0 Å². The van der Waals surface area contributed by atoms with Crippen molar-refractivity contribution in [3.05, 3.63) is 0 Å². The van der Waals surface area contributed by atoms with Crippen molar-refractivity contribution in [3.63, 3.8) is 0 Å². The van der Waals surface area contributed by atoms with Crippen LogP contribution in [0, 0.1) is 5.92 Å². The molecule has 2 fully saturated rings. The molecule has 76 valence electrons. The molecular formula is C11H22N2. The second-order valence-corrected chi connectivity index (χ2v) is 4.56. The van der Waals surface area contributed by atoms with Gasteiger partial charge in [0.15, 0.2) is 0 Å². The lowest BCUT2D eigenvalue weighted by atomic mass is 9.87. The Balaban J connectivity index is 1.80. The molecule has 2 aliphatic rings. The summed E-state index contributed by atoms with van der Waals surface area (Å²) in [6, 6.07) is 0.729. The molecule has 0 amide bonds. The van der Waals surface area contributed by atoms with Crippen LogP contribution in [0.1, 0.15) is 45.4 Å². The summed E-state index contributed by atoms with van der Waals surface area (Å²) in [6.45, 7) is 3.44. The smallest absolute Gasteiger partial charge is 0.0603 e. The highest BCUT2D eigenvalue weighted by Gasteiger charge is 2.29. The van der Waals surface area contributed by atoms with Crippen LogP contribution in [0.3, 0.4) is 0 Å². The minimum atomic E-state index is 0.630. The number of nitrogens with one attached hydrogen (secondary N) is 2. The van der Waals surface area contributed by atoms with E-state index in [4.69, 9.17) is 0 Å². The average Bonchev–Trinajstić information content (AvgIpc) is 2.67. The van der Waals surface area contributed by atoms with Gasteiger partial charge in [0, 0.05) is 12.6 Å². The van der Waals surface area contributed by atoms with Crippen molar-refractivity contribution < 1.29 is 0 Å². The zero-order valence-corrected chi connectivity index (χ0v) is 8.68. The van der Waals surface area contributed by atoms with Crippen molar-refractivity contribution in [3.8, 4) is 0 Å². The Kier molecular flexibility index (Phi) is 3.23. The summed E-state index contributed by atoms with van der Waals surface area (Å²) >= 11 is 0. The molecule has 2 nitrogen and oxygen atoms in total. The summed E-state index contributed by atoms with van der Waals surface area (Å²) in [5.41, 5.74) is 0. The molecule has 13 heavy (non-hydrogen) atoms. The van der Waals surface area contributed by atoms with Gasteiger partial charge in [0.1, 0.15) is 0 Å². The molecule has 2 unspecified atom stereocenters. The van der Waals surface area contributed by atoms with E-state index in [1.54, 1.807) is 0 Å². The van der Waals surface area contributed by atoms with Crippen LogP contribution in [0.15, 0.2) is 0 Å². The SMILES string of the molecule is CCC1CNC(C2CCCCC2)N1. The average molecular weight is 182 g/mol. The molecule has 1 aliphatic heterocycles. The first-order valence-corrected chi connectivity index (χ1v) is 5.89. The van der Waals surface area contributed by atoms with Gasteiger partial charge in [0.05, 0.1) is 6.17 Å². The molecular weight excluding hydrogens is 160 g/mol. The Hall–Kier alpha value is -0.0800. The van der Waals surface area contributed by atoms with E-state index in [2.05, 4.69) is 17.6 Å². The molecule has 0 aromatic carbocycles. The quantitative estimate of drug-likeness (QED) is 0.681. The molecule has 1 saturated carbocycles. The van der Waals surface area contributed by atoms with Gasteiger partial charge in [0.2, 0.25) is 0 Å². The highest BCUT2D eigenvalue weighted by Crippen LogP contribution is 2.26. The predicted molar refractivity (Wildman–Crippen MR) is 55.6 cm³/mol. The monoisotopic (exact) mass is 182 g/mol. The van der Waals surface area contributed by atoms with E-state index >= 15 is 0 Å². The topological polar surface area (TPSA) is 24.1 Å².